The molecule has 1 saturated carbocycles. The van der Waals surface area contributed by atoms with Gasteiger partial charge in [-0.15, -0.1) is 0 Å². The van der Waals surface area contributed by atoms with E-state index in [0.717, 1.165) is 19.4 Å². The standard InChI is InChI=1S/C26H32O15/c1-37-24(36)12-9-39-25(41-26-23(35)22(34)20(32)15(7-27)40-26)18-11(19(31)21(33)17(12)18)8-38-16(30)5-3-10-2-4-13(28)14(29)6-10/h2-6,9,11,15,17-23,25-29,31-35H,7-8H2,1H3/t11-,15+,17-,18-,19-,20-,21+,22-,23-,25+,26+/m1/s1. The lowest BCUT2D eigenvalue weighted by molar-refractivity contribution is -0.343. The summed E-state index contributed by atoms with van der Waals surface area (Å²) in [5.74, 6) is -5.79. The smallest absolute Gasteiger partial charge is 0.337 e. The molecular formula is C26H32O15. The number of aromatic hydroxyl groups is 2. The van der Waals surface area contributed by atoms with Crippen LogP contribution in [-0.2, 0) is 33.3 Å². The first-order valence-corrected chi connectivity index (χ1v) is 12.6. The number of hydrogen-bond donors (Lipinski definition) is 8. The fourth-order valence-corrected chi connectivity index (χ4v) is 5.24. The number of benzene rings is 1. The maximum atomic E-state index is 12.4. The van der Waals surface area contributed by atoms with E-state index in [9.17, 15) is 50.4 Å². The molecule has 1 aromatic carbocycles. The zero-order valence-electron chi connectivity index (χ0n) is 21.7. The molecule has 15 heteroatoms. The molecule has 1 aliphatic carbocycles. The number of aliphatic hydroxyl groups is 6. The molecule has 1 saturated heterocycles. The van der Waals surface area contributed by atoms with E-state index in [4.69, 9.17) is 23.7 Å². The monoisotopic (exact) mass is 584 g/mol. The van der Waals surface area contributed by atoms with Gasteiger partial charge in [-0.2, -0.15) is 0 Å². The second-order valence-electron chi connectivity index (χ2n) is 9.86. The Balaban J connectivity index is 1.54. The first kappa shape index (κ1) is 30.7. The van der Waals surface area contributed by atoms with E-state index in [1.807, 2.05) is 0 Å². The zero-order chi connectivity index (χ0) is 30.0. The minimum Gasteiger partial charge on any atom is -0.504 e. The van der Waals surface area contributed by atoms with Crippen molar-refractivity contribution < 1.29 is 74.1 Å². The molecule has 2 aliphatic heterocycles. The van der Waals surface area contributed by atoms with E-state index >= 15 is 0 Å². The molecule has 1 aromatic rings. The fraction of sp³-hybridized carbons (Fsp3) is 0.538. The average molecular weight is 585 g/mol. The Bertz CT molecular complexity index is 1170. The summed E-state index contributed by atoms with van der Waals surface area (Å²) in [6, 6.07) is 3.87. The van der Waals surface area contributed by atoms with Crippen LogP contribution in [0.1, 0.15) is 5.56 Å². The minimum absolute atomic E-state index is 0.140. The molecule has 4 rings (SSSR count). The SMILES string of the molecule is COC(=O)C1=CO[C@@H](O[C@@H]2O[C@@H](CO)[C@@H](O)[C@@H](O)[C@H]2O)[C@@H]2[C@@H](COC(=O)C=Cc3ccc(O)c(O)c3)[C@@H](O)[C@@H](O)[C@H]12. The number of phenols is 2. The van der Waals surface area contributed by atoms with Gasteiger partial charge in [-0.25, -0.2) is 9.59 Å². The number of hydrogen-bond acceptors (Lipinski definition) is 15. The van der Waals surface area contributed by atoms with Crippen molar-refractivity contribution in [2.45, 2.75) is 49.2 Å². The van der Waals surface area contributed by atoms with Crippen LogP contribution < -0.4 is 0 Å². The predicted octanol–water partition coefficient (Wildman–Crippen LogP) is -2.53. The van der Waals surface area contributed by atoms with Crippen molar-refractivity contribution in [3.8, 4) is 11.5 Å². The molecule has 41 heavy (non-hydrogen) atoms. The van der Waals surface area contributed by atoms with Crippen LogP contribution in [-0.4, -0.2) is 122 Å². The highest BCUT2D eigenvalue weighted by molar-refractivity contribution is 5.89. The normalized spacial score (nSPS) is 36.8. The number of methoxy groups -OCH3 is 1. The highest BCUT2D eigenvalue weighted by Gasteiger charge is 2.59. The molecule has 0 aromatic heterocycles. The molecule has 15 nitrogen and oxygen atoms in total. The average Bonchev–Trinajstić information content (AvgIpc) is 3.22. The largest absolute Gasteiger partial charge is 0.504 e. The van der Waals surface area contributed by atoms with Crippen molar-refractivity contribution in [1.29, 1.82) is 0 Å². The predicted molar refractivity (Wildman–Crippen MR) is 132 cm³/mol. The number of carbonyl (C=O) groups is 2. The minimum atomic E-state index is -1.79. The van der Waals surface area contributed by atoms with E-state index in [0.29, 0.717) is 5.56 Å². The van der Waals surface area contributed by atoms with Gasteiger partial charge in [0.15, 0.2) is 17.8 Å². The Morgan fingerprint density at radius 2 is 1.68 bits per heavy atom. The molecule has 0 bridgehead atoms. The van der Waals surface area contributed by atoms with E-state index in [-0.39, 0.29) is 11.3 Å². The van der Waals surface area contributed by atoms with Crippen LogP contribution in [0.25, 0.3) is 6.08 Å². The first-order valence-electron chi connectivity index (χ1n) is 12.6. The van der Waals surface area contributed by atoms with Crippen LogP contribution in [0.3, 0.4) is 0 Å². The van der Waals surface area contributed by atoms with Crippen LogP contribution in [0, 0.1) is 17.8 Å². The van der Waals surface area contributed by atoms with Crippen molar-refractivity contribution in [2.24, 2.45) is 17.8 Å². The van der Waals surface area contributed by atoms with Gasteiger partial charge in [0.25, 0.3) is 0 Å². The van der Waals surface area contributed by atoms with Gasteiger partial charge in [-0.05, 0) is 23.8 Å². The van der Waals surface area contributed by atoms with E-state index < -0.39 is 97.9 Å². The summed E-state index contributed by atoms with van der Waals surface area (Å²) < 4.78 is 26.7. The van der Waals surface area contributed by atoms with Gasteiger partial charge in [0.1, 0.15) is 24.4 Å². The molecule has 0 spiro atoms. The molecule has 11 atom stereocenters. The van der Waals surface area contributed by atoms with Gasteiger partial charge in [0, 0.05) is 23.8 Å². The van der Waals surface area contributed by atoms with Gasteiger partial charge in [-0.1, -0.05) is 6.07 Å². The Morgan fingerprint density at radius 3 is 2.34 bits per heavy atom. The van der Waals surface area contributed by atoms with Crippen LogP contribution in [0.4, 0.5) is 0 Å². The molecule has 8 N–H and O–H groups in total. The topological polar surface area (TPSA) is 242 Å². The second kappa shape index (κ2) is 12.7. The summed E-state index contributed by atoms with van der Waals surface area (Å²) in [4.78, 5) is 24.9. The van der Waals surface area contributed by atoms with Gasteiger partial charge in [0.2, 0.25) is 6.29 Å². The molecule has 0 amide bonds. The molecule has 2 heterocycles. The Labute approximate surface area is 233 Å². The van der Waals surface area contributed by atoms with Crippen LogP contribution >= 0.6 is 0 Å². The number of ether oxygens (including phenoxy) is 5. The van der Waals surface area contributed by atoms with E-state index in [1.165, 1.54) is 24.3 Å². The molecular weight excluding hydrogens is 552 g/mol. The third kappa shape index (κ3) is 6.17. The lowest BCUT2D eigenvalue weighted by atomic mass is 9.82. The summed E-state index contributed by atoms with van der Waals surface area (Å²) in [5, 5.41) is 80.8. The zero-order valence-corrected chi connectivity index (χ0v) is 21.7. The summed E-state index contributed by atoms with van der Waals surface area (Å²) >= 11 is 0. The third-order valence-corrected chi connectivity index (χ3v) is 7.44. The Morgan fingerprint density at radius 1 is 0.951 bits per heavy atom. The molecule has 0 radical (unpaired) electrons. The van der Waals surface area contributed by atoms with Gasteiger partial charge in [-0.3, -0.25) is 0 Å². The first-order chi connectivity index (χ1) is 19.5. The number of carbonyl (C=O) groups excluding carboxylic acids is 2. The fourth-order valence-electron chi connectivity index (χ4n) is 5.24. The van der Waals surface area contributed by atoms with E-state index in [2.05, 4.69) is 0 Å². The third-order valence-electron chi connectivity index (χ3n) is 7.44. The van der Waals surface area contributed by atoms with Crippen molar-refractivity contribution >= 4 is 18.0 Å². The lowest BCUT2D eigenvalue weighted by Crippen LogP contribution is -2.60. The number of esters is 2. The maximum absolute atomic E-state index is 12.4. The lowest BCUT2D eigenvalue weighted by Gasteiger charge is -2.43. The summed E-state index contributed by atoms with van der Waals surface area (Å²) in [6.45, 7) is -1.21. The van der Waals surface area contributed by atoms with Gasteiger partial charge >= 0.3 is 11.9 Å². The molecule has 3 aliphatic rings. The van der Waals surface area contributed by atoms with Gasteiger partial charge < -0.3 is 64.5 Å². The molecule has 2 fully saturated rings. The summed E-state index contributed by atoms with van der Waals surface area (Å²) in [7, 11) is 1.10. The van der Waals surface area contributed by atoms with Crippen molar-refractivity contribution in [1.82, 2.24) is 0 Å². The Hall–Kier alpha value is -3.28. The van der Waals surface area contributed by atoms with Crippen molar-refractivity contribution in [3.63, 3.8) is 0 Å². The number of rotatable bonds is 8. The second-order valence-corrected chi connectivity index (χ2v) is 9.86. The number of phenolic OH excluding ortho intramolecular Hbond substituents is 2. The van der Waals surface area contributed by atoms with Crippen LogP contribution in [0.15, 0.2) is 36.1 Å². The van der Waals surface area contributed by atoms with E-state index in [1.54, 1.807) is 0 Å². The quantitative estimate of drug-likeness (QED) is 0.0892. The molecule has 226 valence electrons. The van der Waals surface area contributed by atoms with Gasteiger partial charge in [0.05, 0.1) is 44.4 Å². The Kier molecular flexibility index (Phi) is 9.51. The van der Waals surface area contributed by atoms with Crippen molar-refractivity contribution in [2.75, 3.05) is 20.3 Å². The summed E-state index contributed by atoms with van der Waals surface area (Å²) in [5.41, 5.74) is 0.230. The number of aliphatic hydroxyl groups excluding tert-OH is 6. The van der Waals surface area contributed by atoms with Crippen LogP contribution in [0.5, 0.6) is 11.5 Å². The summed E-state index contributed by atoms with van der Waals surface area (Å²) in [6.07, 6.45) is -9.41. The highest BCUT2D eigenvalue weighted by Crippen LogP contribution is 2.48. The molecule has 0 unspecified atom stereocenters. The number of fused-ring (bicyclic) bond motifs is 1. The van der Waals surface area contributed by atoms with Crippen LogP contribution in [0.2, 0.25) is 0 Å². The maximum Gasteiger partial charge on any atom is 0.337 e. The van der Waals surface area contributed by atoms with Crippen molar-refractivity contribution in [3.05, 3.63) is 41.7 Å². The highest BCUT2D eigenvalue weighted by atomic mass is 16.8.